The Balaban J connectivity index is 1.23. The molecule has 1 aromatic carbocycles. The number of benzene rings is 1. The van der Waals surface area contributed by atoms with E-state index in [1.165, 1.54) is 0 Å². The molecular formula is C21H21ClF3N3O5. The van der Waals surface area contributed by atoms with Crippen LogP contribution in [0.2, 0.25) is 5.02 Å². The first-order valence-corrected chi connectivity index (χ1v) is 10.6. The highest BCUT2D eigenvalue weighted by molar-refractivity contribution is 6.30. The summed E-state index contributed by atoms with van der Waals surface area (Å²) in [5.41, 5.74) is 0.919. The van der Waals surface area contributed by atoms with Crippen molar-refractivity contribution in [3.8, 4) is 5.75 Å². The summed E-state index contributed by atoms with van der Waals surface area (Å²) in [6.45, 7) is 3.81. The Hall–Kier alpha value is -2.63. The lowest BCUT2D eigenvalue weighted by Crippen LogP contribution is -2.41. The predicted octanol–water partition coefficient (Wildman–Crippen LogP) is 3.95. The fourth-order valence-corrected chi connectivity index (χ4v) is 3.93. The summed E-state index contributed by atoms with van der Waals surface area (Å²) in [5.74, 6) is 0.323. The van der Waals surface area contributed by atoms with Gasteiger partial charge in [0, 0.05) is 35.0 Å². The lowest BCUT2D eigenvalue weighted by molar-refractivity contribution is -0.352. The molecule has 2 aliphatic rings. The number of hydrogen-bond acceptors (Lipinski definition) is 7. The van der Waals surface area contributed by atoms with Crippen LogP contribution in [0.5, 0.6) is 5.75 Å². The van der Waals surface area contributed by atoms with E-state index < -0.39 is 30.6 Å². The van der Waals surface area contributed by atoms with E-state index in [-0.39, 0.29) is 37.5 Å². The lowest BCUT2D eigenvalue weighted by Gasteiger charge is -2.33. The Bertz CT molecular complexity index is 1040. The van der Waals surface area contributed by atoms with Crippen molar-refractivity contribution in [2.75, 3.05) is 0 Å². The van der Waals surface area contributed by atoms with E-state index in [0.717, 1.165) is 0 Å². The zero-order valence-electron chi connectivity index (χ0n) is 17.3. The molecule has 0 unspecified atom stereocenters. The average molecular weight is 488 g/mol. The van der Waals surface area contributed by atoms with Gasteiger partial charge in [0.2, 0.25) is 5.89 Å². The zero-order chi connectivity index (χ0) is 23.8. The quantitative estimate of drug-likeness (QED) is 0.609. The predicted molar refractivity (Wildman–Crippen MR) is 108 cm³/mol. The molecule has 2 atom stereocenters. The standard InChI is InChI=1S/C21H21ClF3N3O5/c1-10(26-20(30)17-9-15(29)14-8-12(22)3-4-16(14)31-17)2-5-18-27-19(28-33-18)11-6-13(7-11)32-21(23,24)25/h3-4,8,11,13,15,17,29H,1-2,5-7,9H2,(H,26,30)/t11-,13+,15-,17-/m1/s1. The number of aromatic nitrogens is 2. The van der Waals surface area contributed by atoms with Gasteiger partial charge in [-0.3, -0.25) is 9.53 Å². The Morgan fingerprint density at radius 1 is 1.33 bits per heavy atom. The first-order chi connectivity index (χ1) is 15.6. The van der Waals surface area contributed by atoms with Crippen molar-refractivity contribution in [3.63, 3.8) is 0 Å². The first-order valence-electron chi connectivity index (χ1n) is 10.3. The Kier molecular flexibility index (Phi) is 6.64. The van der Waals surface area contributed by atoms with Crippen LogP contribution in [0.15, 0.2) is 35.0 Å². The number of carbonyl (C=O) groups is 1. The van der Waals surface area contributed by atoms with Gasteiger partial charge in [-0.25, -0.2) is 0 Å². The summed E-state index contributed by atoms with van der Waals surface area (Å²) >= 11 is 5.93. The van der Waals surface area contributed by atoms with Crippen molar-refractivity contribution in [3.05, 3.63) is 52.8 Å². The molecule has 4 rings (SSSR count). The van der Waals surface area contributed by atoms with Gasteiger partial charge in [-0.1, -0.05) is 23.3 Å². The van der Waals surface area contributed by atoms with Gasteiger partial charge in [0.1, 0.15) is 5.75 Å². The molecule has 33 heavy (non-hydrogen) atoms. The van der Waals surface area contributed by atoms with E-state index >= 15 is 0 Å². The van der Waals surface area contributed by atoms with Crippen LogP contribution < -0.4 is 10.1 Å². The molecule has 1 saturated carbocycles. The van der Waals surface area contributed by atoms with Gasteiger partial charge in [0.25, 0.3) is 5.91 Å². The van der Waals surface area contributed by atoms with Gasteiger partial charge in [0.05, 0.1) is 12.2 Å². The Morgan fingerprint density at radius 2 is 2.09 bits per heavy atom. The number of fused-ring (bicyclic) bond motifs is 1. The summed E-state index contributed by atoms with van der Waals surface area (Å²) in [6, 6.07) is 4.81. The van der Waals surface area contributed by atoms with Crippen LogP contribution in [-0.4, -0.2) is 39.7 Å². The van der Waals surface area contributed by atoms with Crippen LogP contribution in [0, 0.1) is 0 Å². The number of nitrogens with one attached hydrogen (secondary N) is 1. The Labute approximate surface area is 191 Å². The smallest absolute Gasteiger partial charge is 0.480 e. The minimum Gasteiger partial charge on any atom is -0.480 e. The number of halogens is 4. The molecular weight excluding hydrogens is 467 g/mol. The van der Waals surface area contributed by atoms with Crippen LogP contribution in [0.25, 0.3) is 0 Å². The second-order valence-electron chi connectivity index (χ2n) is 8.03. The summed E-state index contributed by atoms with van der Waals surface area (Å²) < 4.78 is 51.4. The number of nitrogens with zero attached hydrogens (tertiary/aromatic N) is 2. The van der Waals surface area contributed by atoms with E-state index in [4.69, 9.17) is 20.9 Å². The van der Waals surface area contributed by atoms with Crippen molar-refractivity contribution < 1.29 is 37.1 Å². The van der Waals surface area contributed by atoms with Gasteiger partial charge in [-0.2, -0.15) is 4.98 Å². The number of allylic oxidation sites excluding steroid dienone is 1. The minimum atomic E-state index is -4.65. The minimum absolute atomic E-state index is 0.0694. The maximum atomic E-state index is 12.5. The molecule has 12 heteroatoms. The van der Waals surface area contributed by atoms with E-state index in [9.17, 15) is 23.1 Å². The van der Waals surface area contributed by atoms with E-state index in [0.29, 0.717) is 34.3 Å². The number of carbonyl (C=O) groups excluding carboxylic acids is 1. The fraction of sp³-hybridized carbons (Fsp3) is 0.476. The normalized spacial score (nSPS) is 24.4. The van der Waals surface area contributed by atoms with Gasteiger partial charge in [0.15, 0.2) is 11.9 Å². The van der Waals surface area contributed by atoms with Crippen molar-refractivity contribution in [2.45, 2.75) is 62.7 Å². The molecule has 2 aromatic rings. The van der Waals surface area contributed by atoms with E-state index in [2.05, 4.69) is 26.8 Å². The van der Waals surface area contributed by atoms with Gasteiger partial charge >= 0.3 is 6.36 Å². The van der Waals surface area contributed by atoms with Crippen molar-refractivity contribution in [1.82, 2.24) is 15.5 Å². The highest BCUT2D eigenvalue weighted by atomic mass is 35.5. The second-order valence-corrected chi connectivity index (χ2v) is 8.47. The molecule has 2 N–H and O–H groups in total. The van der Waals surface area contributed by atoms with Crippen LogP contribution >= 0.6 is 11.6 Å². The van der Waals surface area contributed by atoms with Crippen LogP contribution in [0.4, 0.5) is 13.2 Å². The fourth-order valence-electron chi connectivity index (χ4n) is 3.75. The maximum Gasteiger partial charge on any atom is 0.522 e. The number of amides is 1. The Morgan fingerprint density at radius 3 is 2.82 bits per heavy atom. The third kappa shape index (κ3) is 5.84. The van der Waals surface area contributed by atoms with Gasteiger partial charge in [-0.15, -0.1) is 13.2 Å². The summed E-state index contributed by atoms with van der Waals surface area (Å²) in [7, 11) is 0. The number of hydrogen-bond donors (Lipinski definition) is 2. The molecule has 0 radical (unpaired) electrons. The number of rotatable bonds is 7. The topological polar surface area (TPSA) is 107 Å². The molecule has 1 aliphatic carbocycles. The van der Waals surface area contributed by atoms with Crippen LogP contribution in [0.1, 0.15) is 55.0 Å². The van der Waals surface area contributed by atoms with Crippen LogP contribution in [0.3, 0.4) is 0 Å². The summed E-state index contributed by atoms with van der Waals surface area (Å²) in [4.78, 5) is 16.7. The number of ether oxygens (including phenoxy) is 2. The highest BCUT2D eigenvalue weighted by Gasteiger charge is 2.42. The van der Waals surface area contributed by atoms with Crippen LogP contribution in [-0.2, 0) is 16.0 Å². The molecule has 1 fully saturated rings. The summed E-state index contributed by atoms with van der Waals surface area (Å²) in [6.07, 6.45) is -6.33. The zero-order valence-corrected chi connectivity index (χ0v) is 18.0. The number of aryl methyl sites for hydroxylation is 1. The van der Waals surface area contributed by atoms with E-state index in [1.807, 2.05) is 0 Å². The van der Waals surface area contributed by atoms with Crippen molar-refractivity contribution >= 4 is 17.5 Å². The first kappa shape index (κ1) is 23.5. The third-order valence-corrected chi connectivity index (χ3v) is 5.75. The molecule has 178 valence electrons. The molecule has 0 saturated heterocycles. The molecule has 8 nitrogen and oxygen atoms in total. The monoisotopic (exact) mass is 487 g/mol. The van der Waals surface area contributed by atoms with Crippen molar-refractivity contribution in [2.24, 2.45) is 0 Å². The number of aliphatic hydroxyl groups is 1. The molecule has 1 aliphatic heterocycles. The van der Waals surface area contributed by atoms with Crippen molar-refractivity contribution in [1.29, 1.82) is 0 Å². The van der Waals surface area contributed by atoms with Gasteiger partial charge in [-0.05, 0) is 37.5 Å². The lowest BCUT2D eigenvalue weighted by atomic mass is 9.82. The highest BCUT2D eigenvalue weighted by Crippen LogP contribution is 2.40. The number of alkyl halides is 3. The molecule has 2 heterocycles. The van der Waals surface area contributed by atoms with E-state index in [1.54, 1.807) is 18.2 Å². The molecule has 1 amide bonds. The second kappa shape index (κ2) is 9.32. The average Bonchev–Trinajstić information content (AvgIpc) is 3.17. The maximum absolute atomic E-state index is 12.5. The number of aliphatic hydroxyl groups excluding tert-OH is 1. The van der Waals surface area contributed by atoms with Gasteiger partial charge < -0.3 is 19.7 Å². The third-order valence-electron chi connectivity index (χ3n) is 5.51. The molecule has 0 bridgehead atoms. The largest absolute Gasteiger partial charge is 0.522 e. The SMILES string of the molecule is C=C(CCc1nc([C@H]2C[C@@H](OC(F)(F)F)C2)no1)NC(=O)[C@H]1C[C@@H](O)c2cc(Cl)ccc2O1. The molecule has 0 spiro atoms. The molecule has 1 aromatic heterocycles. The summed E-state index contributed by atoms with van der Waals surface area (Å²) in [5, 5.41) is 17.2.